The molecule has 1 saturated carbocycles. The third kappa shape index (κ3) is 4.25. The molecule has 1 saturated heterocycles. The Labute approximate surface area is 202 Å². The van der Waals surface area contributed by atoms with Crippen LogP contribution in [0.5, 0.6) is 0 Å². The van der Waals surface area contributed by atoms with E-state index in [1.807, 2.05) is 19.1 Å². The molecule has 5 rings (SSSR count). The smallest absolute Gasteiger partial charge is 0.227 e. The molecule has 0 unspecified atom stereocenters. The molecular weight excluding hydrogens is 463 g/mol. The molecule has 33 heavy (non-hydrogen) atoms. The van der Waals surface area contributed by atoms with Crippen LogP contribution in [-0.4, -0.2) is 54.3 Å². The summed E-state index contributed by atoms with van der Waals surface area (Å²) in [4.78, 5) is 11.3. The number of piperidine rings is 1. The maximum absolute atomic E-state index is 10.8. The molecule has 176 valence electrons. The van der Waals surface area contributed by atoms with Crippen molar-refractivity contribution >= 4 is 51.4 Å². The Kier molecular flexibility index (Phi) is 5.47. The van der Waals surface area contributed by atoms with Gasteiger partial charge in [0.05, 0.1) is 45.9 Å². The zero-order valence-corrected chi connectivity index (χ0v) is 20.4. The molecule has 10 heteroatoms. The van der Waals surface area contributed by atoms with Gasteiger partial charge in [0.2, 0.25) is 5.95 Å². The van der Waals surface area contributed by atoms with E-state index in [-0.39, 0.29) is 18.4 Å². The number of hydrogen-bond donors (Lipinski definition) is 3. The topological polar surface area (TPSA) is 99.3 Å². The molecule has 3 aromatic rings. The second-order valence-electron chi connectivity index (χ2n) is 10.1. The highest BCUT2D eigenvalue weighted by molar-refractivity contribution is 6.34. The van der Waals surface area contributed by atoms with Crippen molar-refractivity contribution in [2.75, 3.05) is 23.3 Å². The van der Waals surface area contributed by atoms with Crippen LogP contribution in [0.3, 0.4) is 0 Å². The van der Waals surface area contributed by atoms with Crippen LogP contribution < -0.4 is 10.2 Å². The molecule has 0 amide bonds. The maximum atomic E-state index is 10.8. The van der Waals surface area contributed by atoms with Crippen molar-refractivity contribution in [2.24, 2.45) is 11.8 Å². The lowest BCUT2D eigenvalue weighted by Crippen LogP contribution is -2.52. The van der Waals surface area contributed by atoms with E-state index in [2.05, 4.69) is 25.3 Å². The molecule has 1 aliphatic carbocycles. The Morgan fingerprint density at radius 3 is 2.55 bits per heavy atom. The average molecular weight is 491 g/mol. The summed E-state index contributed by atoms with van der Waals surface area (Å²) in [5, 5.41) is 30.1. The highest BCUT2D eigenvalue weighted by Crippen LogP contribution is 2.47. The molecule has 1 aliphatic heterocycles. The van der Waals surface area contributed by atoms with Crippen LogP contribution in [-0.2, 0) is 6.54 Å². The molecule has 3 N–H and O–H groups in total. The van der Waals surface area contributed by atoms with E-state index < -0.39 is 11.2 Å². The Morgan fingerprint density at radius 1 is 1.18 bits per heavy atom. The van der Waals surface area contributed by atoms with Crippen molar-refractivity contribution < 1.29 is 10.2 Å². The summed E-state index contributed by atoms with van der Waals surface area (Å²) in [7, 11) is 0. The summed E-state index contributed by atoms with van der Waals surface area (Å²) in [5.41, 5.74) is 0.704. The minimum atomic E-state index is -0.941. The SMILES string of the molecule is CC(C)(O)Cn1ncc(Nc2ncc3cc(Cl)c(N4C[C@H]5CC[C@@H](C4)[C@@]5(C)O)cc3n2)c1Cl. The largest absolute Gasteiger partial charge is 0.389 e. The minimum absolute atomic E-state index is 0.244. The van der Waals surface area contributed by atoms with E-state index in [0.29, 0.717) is 21.8 Å². The molecule has 0 spiro atoms. The third-order valence-electron chi connectivity index (χ3n) is 6.95. The van der Waals surface area contributed by atoms with Crippen molar-refractivity contribution in [2.45, 2.75) is 51.4 Å². The Hall–Kier alpha value is -2.13. The number of rotatable bonds is 5. The van der Waals surface area contributed by atoms with E-state index >= 15 is 0 Å². The molecule has 2 bridgehead atoms. The lowest BCUT2D eigenvalue weighted by Gasteiger charge is -2.43. The van der Waals surface area contributed by atoms with Gasteiger partial charge in [-0.25, -0.2) is 14.6 Å². The predicted molar refractivity (Wildman–Crippen MR) is 130 cm³/mol. The van der Waals surface area contributed by atoms with E-state index in [1.54, 1.807) is 26.2 Å². The standard InChI is InChI=1S/C23H28Cl2N6O2/c1-22(2,32)12-31-20(25)18(9-27-31)29-21-26-8-13-6-16(24)19(7-17(13)28-21)30-10-14-4-5-15(11-30)23(14,3)33/h6-9,14-15,32-33H,4-5,10-12H2,1-3H3,(H,26,28,29)/t14-,15+,23+. The maximum Gasteiger partial charge on any atom is 0.227 e. The molecule has 2 aromatic heterocycles. The van der Waals surface area contributed by atoms with Gasteiger partial charge >= 0.3 is 0 Å². The van der Waals surface area contributed by atoms with Gasteiger partial charge in [-0.2, -0.15) is 5.10 Å². The first-order valence-electron chi connectivity index (χ1n) is 11.2. The monoisotopic (exact) mass is 490 g/mol. The lowest BCUT2D eigenvalue weighted by molar-refractivity contribution is -0.0271. The number of fused-ring (bicyclic) bond motifs is 3. The van der Waals surface area contributed by atoms with Gasteiger partial charge in [-0.3, -0.25) is 0 Å². The minimum Gasteiger partial charge on any atom is -0.389 e. The Balaban J connectivity index is 1.41. The van der Waals surface area contributed by atoms with Crippen molar-refractivity contribution in [1.29, 1.82) is 0 Å². The van der Waals surface area contributed by atoms with Gasteiger partial charge in [0, 0.05) is 36.5 Å². The molecule has 2 fully saturated rings. The number of nitrogens with one attached hydrogen (secondary N) is 1. The fraction of sp³-hybridized carbons (Fsp3) is 0.522. The molecule has 2 aliphatic rings. The highest BCUT2D eigenvalue weighted by atomic mass is 35.5. The van der Waals surface area contributed by atoms with Gasteiger partial charge in [-0.1, -0.05) is 23.2 Å². The summed E-state index contributed by atoms with van der Waals surface area (Å²) in [6, 6.07) is 3.88. The number of halogens is 2. The van der Waals surface area contributed by atoms with Crippen molar-refractivity contribution in [3.05, 3.63) is 34.7 Å². The fourth-order valence-corrected chi connectivity index (χ4v) is 5.56. The molecule has 3 heterocycles. The third-order valence-corrected chi connectivity index (χ3v) is 7.65. The first kappa shape index (κ1) is 22.7. The number of aromatic nitrogens is 4. The second-order valence-corrected chi connectivity index (χ2v) is 10.9. The average Bonchev–Trinajstić information content (AvgIpc) is 3.08. The van der Waals surface area contributed by atoms with Crippen LogP contribution in [0.25, 0.3) is 10.9 Å². The van der Waals surface area contributed by atoms with Gasteiger partial charge in [0.1, 0.15) is 0 Å². The summed E-state index contributed by atoms with van der Waals surface area (Å²) < 4.78 is 1.53. The van der Waals surface area contributed by atoms with E-state index in [4.69, 9.17) is 23.2 Å². The van der Waals surface area contributed by atoms with E-state index in [0.717, 1.165) is 42.5 Å². The number of hydrogen-bond acceptors (Lipinski definition) is 7. The van der Waals surface area contributed by atoms with Gasteiger partial charge in [-0.05, 0) is 45.7 Å². The predicted octanol–water partition coefficient (Wildman–Crippen LogP) is 4.24. The number of nitrogens with zero attached hydrogens (tertiary/aromatic N) is 5. The van der Waals surface area contributed by atoms with E-state index in [1.165, 1.54) is 4.68 Å². The van der Waals surface area contributed by atoms with Crippen molar-refractivity contribution in [3.8, 4) is 0 Å². The van der Waals surface area contributed by atoms with Gasteiger partial charge in [0.25, 0.3) is 0 Å². The second kappa shape index (κ2) is 7.98. The zero-order valence-electron chi connectivity index (χ0n) is 18.9. The van der Waals surface area contributed by atoms with Crippen LogP contribution in [0, 0.1) is 11.8 Å². The van der Waals surface area contributed by atoms with Gasteiger partial charge < -0.3 is 20.4 Å². The van der Waals surface area contributed by atoms with Crippen LogP contribution in [0.1, 0.15) is 33.6 Å². The molecular formula is C23H28Cl2N6O2. The first-order chi connectivity index (χ1) is 15.5. The van der Waals surface area contributed by atoms with E-state index in [9.17, 15) is 10.2 Å². The summed E-state index contributed by atoms with van der Waals surface area (Å²) in [5.74, 6) is 0.878. The first-order valence-corrected chi connectivity index (χ1v) is 11.9. The van der Waals surface area contributed by atoms with Crippen LogP contribution in [0.4, 0.5) is 17.3 Å². The fourth-order valence-electron chi connectivity index (χ4n) is 5.07. The van der Waals surface area contributed by atoms with Crippen LogP contribution in [0.2, 0.25) is 10.2 Å². The van der Waals surface area contributed by atoms with Crippen molar-refractivity contribution in [1.82, 2.24) is 19.7 Å². The molecule has 0 radical (unpaired) electrons. The van der Waals surface area contributed by atoms with Gasteiger partial charge in [-0.15, -0.1) is 0 Å². The number of aliphatic hydroxyl groups is 2. The number of benzene rings is 1. The Bertz CT molecular complexity index is 1190. The highest BCUT2D eigenvalue weighted by Gasteiger charge is 2.49. The van der Waals surface area contributed by atoms with Crippen molar-refractivity contribution in [3.63, 3.8) is 0 Å². The molecule has 8 nitrogen and oxygen atoms in total. The quantitative estimate of drug-likeness (QED) is 0.491. The lowest BCUT2D eigenvalue weighted by atomic mass is 9.82. The van der Waals surface area contributed by atoms with Gasteiger partial charge in [0.15, 0.2) is 5.15 Å². The Morgan fingerprint density at radius 2 is 1.88 bits per heavy atom. The summed E-state index contributed by atoms with van der Waals surface area (Å²) in [6.07, 6.45) is 5.39. The summed E-state index contributed by atoms with van der Waals surface area (Å²) in [6.45, 7) is 7.18. The molecule has 1 aromatic carbocycles. The summed E-state index contributed by atoms with van der Waals surface area (Å²) >= 11 is 13.1. The van der Waals surface area contributed by atoms with Crippen LogP contribution in [0.15, 0.2) is 24.5 Å². The van der Waals surface area contributed by atoms with Crippen LogP contribution >= 0.6 is 23.2 Å². The normalized spacial score (nSPS) is 25.1. The molecule has 3 atom stereocenters. The zero-order chi connectivity index (χ0) is 23.5. The number of anilines is 3.